The van der Waals surface area contributed by atoms with E-state index in [1.807, 2.05) is 25.1 Å². The second kappa shape index (κ2) is 14.3. The van der Waals surface area contributed by atoms with Gasteiger partial charge in [-0.05, 0) is 112 Å². The molecule has 3 heterocycles. The third-order valence-corrected chi connectivity index (χ3v) is 11.3. The van der Waals surface area contributed by atoms with Gasteiger partial charge in [0.25, 0.3) is 0 Å². The highest BCUT2D eigenvalue weighted by atomic mass is 19.1. The summed E-state index contributed by atoms with van der Waals surface area (Å²) >= 11 is 0. The first-order valence-electron chi connectivity index (χ1n) is 17.6. The van der Waals surface area contributed by atoms with Crippen LogP contribution in [0.4, 0.5) is 4.39 Å². The molecule has 3 fully saturated rings. The smallest absolute Gasteiger partial charge is 0.321 e. The minimum absolute atomic E-state index is 0.121. The number of halogens is 1. The zero-order chi connectivity index (χ0) is 32.3. The van der Waals surface area contributed by atoms with Gasteiger partial charge in [0, 0.05) is 50.1 Å². The molecule has 0 amide bonds. The number of ether oxygens (including phenoxy) is 1. The van der Waals surface area contributed by atoms with Crippen LogP contribution in [0.15, 0.2) is 54.6 Å². The maximum Gasteiger partial charge on any atom is 0.321 e. The molecule has 46 heavy (non-hydrogen) atoms. The van der Waals surface area contributed by atoms with Crippen molar-refractivity contribution in [2.75, 3.05) is 39.3 Å². The molecule has 0 radical (unpaired) electrons. The van der Waals surface area contributed by atoms with Crippen LogP contribution in [0.2, 0.25) is 0 Å². The molecule has 1 saturated carbocycles. The zero-order valence-corrected chi connectivity index (χ0v) is 27.8. The quantitative estimate of drug-likeness (QED) is 0.220. The number of rotatable bonds is 13. The zero-order valence-electron chi connectivity index (χ0n) is 27.8. The predicted molar refractivity (Wildman–Crippen MR) is 179 cm³/mol. The minimum Gasteiger partial charge on any atom is -0.494 e. The molecular weight excluding hydrogens is 579 g/mol. The van der Waals surface area contributed by atoms with Crippen LogP contribution in [-0.2, 0) is 17.8 Å². The third kappa shape index (κ3) is 6.89. The van der Waals surface area contributed by atoms with Crippen molar-refractivity contribution in [1.29, 1.82) is 0 Å². The average molecular weight is 631 g/mol. The molecule has 3 unspecified atom stereocenters. The van der Waals surface area contributed by atoms with Crippen molar-refractivity contribution in [3.8, 4) is 5.75 Å². The largest absolute Gasteiger partial charge is 0.494 e. The van der Waals surface area contributed by atoms with E-state index in [9.17, 15) is 14.3 Å². The number of hydrogen-bond donors (Lipinski definition) is 1. The molecule has 3 aromatic rings. The Morgan fingerprint density at radius 1 is 1.07 bits per heavy atom. The molecule has 3 atom stereocenters. The Bertz CT molecular complexity index is 1460. The number of carbonyl (C=O) groups is 1. The molecule has 7 nitrogen and oxygen atoms in total. The van der Waals surface area contributed by atoms with Crippen LogP contribution >= 0.6 is 0 Å². The number of aromatic nitrogens is 2. The van der Waals surface area contributed by atoms with Gasteiger partial charge in [0.1, 0.15) is 17.6 Å². The standard InChI is InChI=1S/C38H51FN4O3/c1-4-38(17-8-18-38)36(37(44)45)42-25-30(34(26-42)29-9-7-10-31(39)22-29)24-41-19-15-28(16-20-41)35-23-32(40-43(35)5-2)21-27-11-13-33(14-12-27)46-6-3/h7,9-14,22-23,28,30,34,36H,4-6,8,15-21,24-26H2,1-3H3,(H,44,45). The summed E-state index contributed by atoms with van der Waals surface area (Å²) in [6, 6.07) is 17.2. The number of benzene rings is 2. The fourth-order valence-electron chi connectivity index (χ4n) is 8.65. The highest BCUT2D eigenvalue weighted by Crippen LogP contribution is 2.50. The second-order valence-corrected chi connectivity index (χ2v) is 13.9. The molecule has 2 aromatic carbocycles. The van der Waals surface area contributed by atoms with Crippen molar-refractivity contribution in [1.82, 2.24) is 19.6 Å². The Morgan fingerprint density at radius 2 is 1.83 bits per heavy atom. The second-order valence-electron chi connectivity index (χ2n) is 13.9. The highest BCUT2D eigenvalue weighted by Gasteiger charge is 2.52. The first kappa shape index (κ1) is 32.7. The van der Waals surface area contributed by atoms with Crippen molar-refractivity contribution < 1.29 is 19.0 Å². The van der Waals surface area contributed by atoms with Crippen molar-refractivity contribution in [3.05, 3.63) is 82.9 Å². The van der Waals surface area contributed by atoms with Crippen LogP contribution in [0, 0.1) is 17.2 Å². The summed E-state index contributed by atoms with van der Waals surface area (Å²) in [4.78, 5) is 17.5. The van der Waals surface area contributed by atoms with E-state index in [2.05, 4.69) is 46.5 Å². The number of piperidine rings is 1. The molecule has 6 rings (SSSR count). The summed E-state index contributed by atoms with van der Waals surface area (Å²) in [7, 11) is 0. The fraction of sp³-hybridized carbons (Fsp3) is 0.579. The van der Waals surface area contributed by atoms with Crippen LogP contribution in [0.1, 0.15) is 93.6 Å². The van der Waals surface area contributed by atoms with Gasteiger partial charge in [-0.2, -0.15) is 5.10 Å². The number of likely N-dealkylation sites (tertiary alicyclic amines) is 2. The molecule has 2 aliphatic heterocycles. The molecule has 8 heteroatoms. The number of hydrogen-bond acceptors (Lipinski definition) is 5. The number of aliphatic carboxylic acids is 1. The van der Waals surface area contributed by atoms with E-state index >= 15 is 0 Å². The van der Waals surface area contributed by atoms with Crippen LogP contribution < -0.4 is 4.74 Å². The van der Waals surface area contributed by atoms with Crippen LogP contribution in [-0.4, -0.2) is 76.0 Å². The van der Waals surface area contributed by atoms with Crippen molar-refractivity contribution in [3.63, 3.8) is 0 Å². The average Bonchev–Trinajstić information content (AvgIpc) is 3.64. The number of carboxylic acid groups (broad SMARTS) is 1. The van der Waals surface area contributed by atoms with Crippen molar-refractivity contribution in [2.24, 2.45) is 11.3 Å². The lowest BCUT2D eigenvalue weighted by atomic mass is 9.62. The maximum absolute atomic E-state index is 14.4. The lowest BCUT2D eigenvalue weighted by molar-refractivity contribution is -0.152. The first-order chi connectivity index (χ1) is 22.3. The van der Waals surface area contributed by atoms with E-state index in [-0.39, 0.29) is 23.1 Å². The minimum atomic E-state index is -0.699. The summed E-state index contributed by atoms with van der Waals surface area (Å²) < 4.78 is 22.2. The Labute approximate surface area is 273 Å². The summed E-state index contributed by atoms with van der Waals surface area (Å²) in [5, 5.41) is 15.4. The first-order valence-corrected chi connectivity index (χ1v) is 17.6. The Balaban J connectivity index is 1.12. The van der Waals surface area contributed by atoms with Gasteiger partial charge >= 0.3 is 5.97 Å². The van der Waals surface area contributed by atoms with E-state index < -0.39 is 12.0 Å². The molecule has 1 aliphatic carbocycles. The van der Waals surface area contributed by atoms with E-state index in [0.717, 1.165) is 94.7 Å². The van der Waals surface area contributed by atoms with Gasteiger partial charge in [-0.3, -0.25) is 14.4 Å². The Morgan fingerprint density at radius 3 is 2.43 bits per heavy atom. The SMILES string of the molecule is CCOc1ccc(Cc2cc(C3CCN(CC4CN(C(C(=O)O)C5(CC)CCC5)CC4c4cccc(F)c4)CC3)n(CC)n2)cc1. The number of nitrogens with zero attached hydrogens (tertiary/aromatic N) is 4. The van der Waals surface area contributed by atoms with Gasteiger partial charge in [-0.1, -0.05) is 37.6 Å². The van der Waals surface area contributed by atoms with Crippen LogP contribution in [0.5, 0.6) is 5.75 Å². The van der Waals surface area contributed by atoms with Gasteiger partial charge in [0.2, 0.25) is 0 Å². The predicted octanol–water partition coefficient (Wildman–Crippen LogP) is 6.96. The summed E-state index contributed by atoms with van der Waals surface area (Å²) in [6.45, 7) is 12.2. The molecule has 2 saturated heterocycles. The number of carboxylic acids is 1. The molecule has 1 N–H and O–H groups in total. The van der Waals surface area contributed by atoms with Gasteiger partial charge in [-0.25, -0.2) is 4.39 Å². The Kier molecular flexibility index (Phi) is 10.1. The summed E-state index contributed by atoms with van der Waals surface area (Å²) in [5.74, 6) is 0.831. The maximum atomic E-state index is 14.4. The fourth-order valence-corrected chi connectivity index (χ4v) is 8.65. The van der Waals surface area contributed by atoms with Gasteiger partial charge in [-0.15, -0.1) is 0 Å². The molecule has 248 valence electrons. The third-order valence-electron chi connectivity index (χ3n) is 11.3. The van der Waals surface area contributed by atoms with Crippen molar-refractivity contribution in [2.45, 2.75) is 90.1 Å². The van der Waals surface area contributed by atoms with E-state index in [1.54, 1.807) is 12.1 Å². The topological polar surface area (TPSA) is 70.8 Å². The Hall–Kier alpha value is -3.23. The molecule has 0 spiro atoms. The van der Waals surface area contributed by atoms with E-state index in [1.165, 1.54) is 17.3 Å². The molecule has 3 aliphatic rings. The summed E-state index contributed by atoms with van der Waals surface area (Å²) in [5.41, 5.74) is 4.53. The van der Waals surface area contributed by atoms with Gasteiger partial charge < -0.3 is 14.7 Å². The monoisotopic (exact) mass is 630 g/mol. The molecular formula is C38H51FN4O3. The lowest BCUT2D eigenvalue weighted by Gasteiger charge is -2.48. The molecule has 0 bridgehead atoms. The lowest BCUT2D eigenvalue weighted by Crippen LogP contribution is -2.55. The number of aryl methyl sites for hydroxylation is 1. The van der Waals surface area contributed by atoms with Gasteiger partial charge in [0.15, 0.2) is 0 Å². The highest BCUT2D eigenvalue weighted by molar-refractivity contribution is 5.75. The molecule has 1 aromatic heterocycles. The summed E-state index contributed by atoms with van der Waals surface area (Å²) in [6.07, 6.45) is 6.92. The normalized spacial score (nSPS) is 22.9. The van der Waals surface area contributed by atoms with Crippen LogP contribution in [0.25, 0.3) is 0 Å². The van der Waals surface area contributed by atoms with Crippen LogP contribution in [0.3, 0.4) is 0 Å². The van der Waals surface area contributed by atoms with E-state index in [0.29, 0.717) is 19.1 Å². The van der Waals surface area contributed by atoms with E-state index in [4.69, 9.17) is 9.84 Å². The van der Waals surface area contributed by atoms with Crippen molar-refractivity contribution >= 4 is 5.97 Å². The van der Waals surface area contributed by atoms with Gasteiger partial charge in [0.05, 0.1) is 12.3 Å².